The standard InChI is InChI=1S/C19H27N3O4/c1-21-7-9-22(10-8-21)12-16(23)13-25-14-18-11-19(20-26-18)15-3-5-17(24-2)6-4-15/h3-6,11,16,23H,7-10,12-14H2,1-2H3. The molecule has 0 saturated carbocycles. The van der Waals surface area contributed by atoms with Crippen LogP contribution in [0.15, 0.2) is 34.9 Å². The smallest absolute Gasteiger partial charge is 0.163 e. The van der Waals surface area contributed by atoms with Crippen LogP contribution in [0.3, 0.4) is 0 Å². The molecule has 7 heteroatoms. The molecule has 1 aliphatic heterocycles. The van der Waals surface area contributed by atoms with Crippen molar-refractivity contribution < 1.29 is 19.1 Å². The molecular weight excluding hydrogens is 334 g/mol. The van der Waals surface area contributed by atoms with Gasteiger partial charge in [-0.15, -0.1) is 0 Å². The fraction of sp³-hybridized carbons (Fsp3) is 0.526. The van der Waals surface area contributed by atoms with Crippen LogP contribution in [0.2, 0.25) is 0 Å². The zero-order valence-electron chi connectivity index (χ0n) is 15.4. The van der Waals surface area contributed by atoms with Gasteiger partial charge in [-0.05, 0) is 31.3 Å². The summed E-state index contributed by atoms with van der Waals surface area (Å²) in [6.45, 7) is 5.27. The van der Waals surface area contributed by atoms with Gasteiger partial charge in [0, 0.05) is 44.4 Å². The number of ether oxygens (including phenoxy) is 2. The van der Waals surface area contributed by atoms with Crippen LogP contribution < -0.4 is 4.74 Å². The number of aliphatic hydroxyl groups excluding tert-OH is 1. The summed E-state index contributed by atoms with van der Waals surface area (Å²) >= 11 is 0. The molecule has 1 fully saturated rings. The van der Waals surface area contributed by atoms with E-state index in [1.54, 1.807) is 7.11 Å². The number of methoxy groups -OCH3 is 1. The lowest BCUT2D eigenvalue weighted by molar-refractivity contribution is -0.00229. The highest BCUT2D eigenvalue weighted by molar-refractivity contribution is 5.59. The second kappa shape index (κ2) is 9.14. The Labute approximate surface area is 154 Å². The van der Waals surface area contributed by atoms with E-state index in [4.69, 9.17) is 14.0 Å². The van der Waals surface area contributed by atoms with Crippen molar-refractivity contribution in [2.24, 2.45) is 0 Å². The number of hydrogen-bond acceptors (Lipinski definition) is 7. The fourth-order valence-corrected chi connectivity index (χ4v) is 2.96. The predicted octanol–water partition coefficient (Wildman–Crippen LogP) is 1.48. The first kappa shape index (κ1) is 18.8. The van der Waals surface area contributed by atoms with E-state index in [1.807, 2.05) is 30.3 Å². The molecule has 3 rings (SSSR count). The van der Waals surface area contributed by atoms with Crippen molar-refractivity contribution >= 4 is 0 Å². The van der Waals surface area contributed by atoms with Crippen LogP contribution in [0.5, 0.6) is 5.75 Å². The minimum atomic E-state index is -0.498. The fourth-order valence-electron chi connectivity index (χ4n) is 2.96. The van der Waals surface area contributed by atoms with Crippen LogP contribution in [0, 0.1) is 0 Å². The van der Waals surface area contributed by atoms with E-state index >= 15 is 0 Å². The van der Waals surface area contributed by atoms with Crippen molar-refractivity contribution in [3.8, 4) is 17.0 Å². The predicted molar refractivity (Wildman–Crippen MR) is 98.1 cm³/mol. The van der Waals surface area contributed by atoms with Crippen LogP contribution in [0.25, 0.3) is 11.3 Å². The van der Waals surface area contributed by atoms with E-state index in [0.717, 1.165) is 43.2 Å². The average molecular weight is 361 g/mol. The largest absolute Gasteiger partial charge is 0.497 e. The van der Waals surface area contributed by atoms with Crippen LogP contribution in [-0.4, -0.2) is 79.7 Å². The lowest BCUT2D eigenvalue weighted by atomic mass is 10.1. The summed E-state index contributed by atoms with van der Waals surface area (Å²) in [5.74, 6) is 1.44. The van der Waals surface area contributed by atoms with Gasteiger partial charge in [-0.3, -0.25) is 4.90 Å². The Balaban J connectivity index is 1.41. The van der Waals surface area contributed by atoms with Crippen molar-refractivity contribution in [2.75, 3.05) is 53.5 Å². The highest BCUT2D eigenvalue weighted by atomic mass is 16.5. The molecule has 2 heterocycles. The monoisotopic (exact) mass is 361 g/mol. The SMILES string of the molecule is COc1ccc(-c2cc(COCC(O)CN3CCN(C)CC3)on2)cc1. The number of aromatic nitrogens is 1. The Bertz CT molecular complexity index is 666. The number of β-amino-alcohol motifs (C(OH)–C–C–N with tert-alkyl or cyclic N) is 1. The molecule has 1 aromatic heterocycles. The molecule has 7 nitrogen and oxygen atoms in total. The maximum absolute atomic E-state index is 10.1. The molecule has 1 N–H and O–H groups in total. The topological polar surface area (TPSA) is 71.2 Å². The second-order valence-electron chi connectivity index (χ2n) is 6.68. The van der Waals surface area contributed by atoms with Gasteiger partial charge in [-0.1, -0.05) is 5.16 Å². The molecular formula is C19H27N3O4. The quantitative estimate of drug-likeness (QED) is 0.763. The minimum Gasteiger partial charge on any atom is -0.497 e. The zero-order valence-corrected chi connectivity index (χ0v) is 15.4. The van der Waals surface area contributed by atoms with E-state index in [-0.39, 0.29) is 6.61 Å². The normalized spacial score (nSPS) is 17.3. The number of hydrogen-bond donors (Lipinski definition) is 1. The molecule has 26 heavy (non-hydrogen) atoms. The van der Waals surface area contributed by atoms with E-state index in [0.29, 0.717) is 18.9 Å². The Morgan fingerprint density at radius 3 is 2.62 bits per heavy atom. The van der Waals surface area contributed by atoms with Gasteiger partial charge in [0.05, 0.1) is 19.8 Å². The van der Waals surface area contributed by atoms with Gasteiger partial charge in [-0.25, -0.2) is 0 Å². The number of rotatable bonds is 8. The van der Waals surface area contributed by atoms with E-state index in [1.165, 1.54) is 0 Å². The van der Waals surface area contributed by atoms with Crippen LogP contribution >= 0.6 is 0 Å². The number of nitrogens with zero attached hydrogens (tertiary/aromatic N) is 3. The highest BCUT2D eigenvalue weighted by Gasteiger charge is 2.17. The van der Waals surface area contributed by atoms with Crippen molar-refractivity contribution in [3.05, 3.63) is 36.1 Å². The Morgan fingerprint density at radius 2 is 1.92 bits per heavy atom. The molecule has 0 radical (unpaired) electrons. The lowest BCUT2D eigenvalue weighted by Crippen LogP contribution is -2.47. The number of aliphatic hydroxyl groups is 1. The first-order valence-corrected chi connectivity index (χ1v) is 8.91. The summed E-state index contributed by atoms with van der Waals surface area (Å²) in [7, 11) is 3.76. The van der Waals surface area contributed by atoms with Crippen molar-refractivity contribution in [1.82, 2.24) is 15.0 Å². The lowest BCUT2D eigenvalue weighted by Gasteiger charge is -2.33. The second-order valence-corrected chi connectivity index (χ2v) is 6.68. The molecule has 0 aliphatic carbocycles. The van der Waals surface area contributed by atoms with Crippen LogP contribution in [0.4, 0.5) is 0 Å². The van der Waals surface area contributed by atoms with E-state index in [2.05, 4.69) is 22.0 Å². The molecule has 1 aliphatic rings. The van der Waals surface area contributed by atoms with E-state index < -0.39 is 6.10 Å². The summed E-state index contributed by atoms with van der Waals surface area (Å²) in [4.78, 5) is 4.56. The third-order valence-corrected chi connectivity index (χ3v) is 4.56. The maximum atomic E-state index is 10.1. The zero-order chi connectivity index (χ0) is 18.4. The Morgan fingerprint density at radius 1 is 1.19 bits per heavy atom. The number of benzene rings is 1. The number of piperazine rings is 1. The van der Waals surface area contributed by atoms with Gasteiger partial charge in [0.2, 0.25) is 0 Å². The van der Waals surface area contributed by atoms with E-state index in [9.17, 15) is 5.11 Å². The summed E-state index contributed by atoms with van der Waals surface area (Å²) in [6, 6.07) is 9.49. The molecule has 1 atom stereocenters. The molecule has 1 saturated heterocycles. The van der Waals surface area contributed by atoms with Gasteiger partial charge in [0.25, 0.3) is 0 Å². The minimum absolute atomic E-state index is 0.283. The van der Waals surface area contributed by atoms with Crippen LogP contribution in [-0.2, 0) is 11.3 Å². The summed E-state index contributed by atoms with van der Waals surface area (Å²) < 4.78 is 16.1. The molecule has 2 aromatic rings. The maximum Gasteiger partial charge on any atom is 0.163 e. The first-order valence-electron chi connectivity index (χ1n) is 8.91. The molecule has 1 unspecified atom stereocenters. The summed E-state index contributed by atoms with van der Waals surface area (Å²) in [5.41, 5.74) is 1.71. The van der Waals surface area contributed by atoms with Gasteiger partial charge in [-0.2, -0.15) is 0 Å². The van der Waals surface area contributed by atoms with Crippen LogP contribution in [0.1, 0.15) is 5.76 Å². The summed E-state index contributed by atoms with van der Waals surface area (Å²) in [5, 5.41) is 14.2. The average Bonchev–Trinajstić information content (AvgIpc) is 3.12. The number of likely N-dealkylation sites (N-methyl/N-ethyl adjacent to an activating group) is 1. The van der Waals surface area contributed by atoms with Gasteiger partial charge in [0.15, 0.2) is 5.76 Å². The molecule has 142 valence electrons. The molecule has 1 aromatic carbocycles. The Kier molecular flexibility index (Phi) is 6.62. The van der Waals surface area contributed by atoms with Crippen molar-refractivity contribution in [1.29, 1.82) is 0 Å². The molecule has 0 amide bonds. The first-order chi connectivity index (χ1) is 12.6. The van der Waals surface area contributed by atoms with Gasteiger partial charge >= 0.3 is 0 Å². The third kappa shape index (κ3) is 5.28. The molecule has 0 bridgehead atoms. The van der Waals surface area contributed by atoms with Crippen molar-refractivity contribution in [2.45, 2.75) is 12.7 Å². The Hall–Kier alpha value is -1.93. The molecule has 0 spiro atoms. The van der Waals surface area contributed by atoms with Gasteiger partial charge in [0.1, 0.15) is 18.1 Å². The highest BCUT2D eigenvalue weighted by Crippen LogP contribution is 2.22. The summed E-state index contributed by atoms with van der Waals surface area (Å²) in [6.07, 6.45) is -0.498. The van der Waals surface area contributed by atoms with Crippen molar-refractivity contribution in [3.63, 3.8) is 0 Å². The van der Waals surface area contributed by atoms with Gasteiger partial charge < -0.3 is 24.0 Å². The third-order valence-electron chi connectivity index (χ3n) is 4.56.